The number of thiophene rings is 1. The van der Waals surface area contributed by atoms with Crippen LogP contribution in [-0.2, 0) is 4.79 Å². The highest BCUT2D eigenvalue weighted by Crippen LogP contribution is 2.37. The summed E-state index contributed by atoms with van der Waals surface area (Å²) in [5, 5.41) is 2.09. The zero-order valence-corrected chi connectivity index (χ0v) is 11.9. The van der Waals surface area contributed by atoms with E-state index in [4.69, 9.17) is 10.5 Å². The van der Waals surface area contributed by atoms with Crippen LogP contribution in [0.25, 0.3) is 6.08 Å². The number of amides is 1. The Balaban J connectivity index is 2.04. The number of carbonyl (C=O) groups excluding carboxylic acids is 1. The van der Waals surface area contributed by atoms with E-state index >= 15 is 0 Å². The number of hydrogen-bond donors (Lipinski definition) is 1. The second-order valence-corrected chi connectivity index (χ2v) is 5.85. The molecule has 0 saturated carbocycles. The Morgan fingerprint density at radius 1 is 1.40 bits per heavy atom. The second-order valence-electron chi connectivity index (χ2n) is 4.91. The van der Waals surface area contributed by atoms with Crippen LogP contribution in [0.3, 0.4) is 0 Å². The molecule has 0 bridgehead atoms. The van der Waals surface area contributed by atoms with E-state index in [1.165, 1.54) is 5.56 Å². The summed E-state index contributed by atoms with van der Waals surface area (Å²) < 4.78 is 6.09. The van der Waals surface area contributed by atoms with E-state index in [0.717, 1.165) is 16.2 Å². The van der Waals surface area contributed by atoms with Gasteiger partial charge in [-0.1, -0.05) is 18.2 Å². The second kappa shape index (κ2) is 5.13. The zero-order chi connectivity index (χ0) is 14.1. The number of carbonyl (C=O) groups is 1. The van der Waals surface area contributed by atoms with Crippen molar-refractivity contribution >= 4 is 23.3 Å². The molecule has 1 aromatic heterocycles. The van der Waals surface area contributed by atoms with Gasteiger partial charge in [-0.05, 0) is 36.1 Å². The molecule has 1 amide bonds. The lowest BCUT2D eigenvalue weighted by atomic mass is 10.0. The van der Waals surface area contributed by atoms with Crippen molar-refractivity contribution in [2.75, 3.05) is 0 Å². The first-order valence-corrected chi connectivity index (χ1v) is 7.32. The number of aryl methyl sites for hydroxylation is 1. The molecular formula is C16H15NO2S. The van der Waals surface area contributed by atoms with Crippen LogP contribution in [0.2, 0.25) is 0 Å². The van der Waals surface area contributed by atoms with Crippen LogP contribution < -0.4 is 10.5 Å². The predicted molar refractivity (Wildman–Crippen MR) is 80.7 cm³/mol. The first-order chi connectivity index (χ1) is 9.63. The quantitative estimate of drug-likeness (QED) is 0.918. The Kier molecular flexibility index (Phi) is 3.32. The number of ether oxygens (including phenoxy) is 1. The molecule has 3 rings (SSSR count). The van der Waals surface area contributed by atoms with Crippen LogP contribution in [0, 0.1) is 6.92 Å². The number of fused-ring (bicyclic) bond motifs is 1. The van der Waals surface area contributed by atoms with Crippen LogP contribution in [0.4, 0.5) is 0 Å². The third kappa shape index (κ3) is 2.47. The van der Waals surface area contributed by atoms with Gasteiger partial charge in [0.05, 0.1) is 0 Å². The van der Waals surface area contributed by atoms with Gasteiger partial charge in [-0.3, -0.25) is 4.79 Å². The van der Waals surface area contributed by atoms with Crippen LogP contribution in [0.5, 0.6) is 5.75 Å². The van der Waals surface area contributed by atoms with Gasteiger partial charge >= 0.3 is 0 Å². The molecule has 1 aromatic carbocycles. The molecule has 1 atom stereocenters. The molecule has 1 aliphatic heterocycles. The predicted octanol–water partition coefficient (Wildman–Crippen LogP) is 3.45. The van der Waals surface area contributed by atoms with E-state index in [-0.39, 0.29) is 12.0 Å². The minimum absolute atomic E-state index is 0.156. The summed E-state index contributed by atoms with van der Waals surface area (Å²) in [4.78, 5) is 12.7. The van der Waals surface area contributed by atoms with Gasteiger partial charge in [0.2, 0.25) is 5.91 Å². The molecule has 102 valence electrons. The van der Waals surface area contributed by atoms with Crippen LogP contribution in [0.15, 0.2) is 41.3 Å². The fourth-order valence-electron chi connectivity index (χ4n) is 2.30. The minimum atomic E-state index is -0.386. The molecule has 0 spiro atoms. The van der Waals surface area contributed by atoms with E-state index < -0.39 is 0 Å². The Bertz CT molecular complexity index is 687. The SMILES string of the molecule is Cc1csc(C2CC(C(N)=O)=Cc3ccccc3O2)c1. The highest BCUT2D eigenvalue weighted by atomic mass is 32.1. The fourth-order valence-corrected chi connectivity index (χ4v) is 3.23. The van der Waals surface area contributed by atoms with Crippen LogP contribution in [-0.4, -0.2) is 5.91 Å². The van der Waals surface area contributed by atoms with Gasteiger partial charge in [0.25, 0.3) is 0 Å². The van der Waals surface area contributed by atoms with Crippen molar-refractivity contribution in [1.82, 2.24) is 0 Å². The number of rotatable bonds is 2. The van der Waals surface area contributed by atoms with Gasteiger partial charge in [0, 0.05) is 22.4 Å². The lowest BCUT2D eigenvalue weighted by Gasteiger charge is -2.16. The van der Waals surface area contributed by atoms with Crippen molar-refractivity contribution in [2.24, 2.45) is 5.73 Å². The molecular weight excluding hydrogens is 270 g/mol. The molecule has 2 N–H and O–H groups in total. The summed E-state index contributed by atoms with van der Waals surface area (Å²) in [6.07, 6.45) is 2.18. The third-order valence-electron chi connectivity index (χ3n) is 3.31. The monoisotopic (exact) mass is 285 g/mol. The Labute approximate surface area is 121 Å². The van der Waals surface area contributed by atoms with Gasteiger partial charge < -0.3 is 10.5 Å². The van der Waals surface area contributed by atoms with Gasteiger partial charge in [-0.2, -0.15) is 0 Å². The van der Waals surface area contributed by atoms with Gasteiger partial charge in [0.15, 0.2) is 0 Å². The van der Waals surface area contributed by atoms with Crippen molar-refractivity contribution in [3.05, 3.63) is 57.3 Å². The van der Waals surface area contributed by atoms with E-state index in [9.17, 15) is 4.79 Å². The van der Waals surface area contributed by atoms with Crippen molar-refractivity contribution in [2.45, 2.75) is 19.4 Å². The van der Waals surface area contributed by atoms with Crippen molar-refractivity contribution < 1.29 is 9.53 Å². The highest BCUT2D eigenvalue weighted by Gasteiger charge is 2.23. The van der Waals surface area contributed by atoms with Crippen LogP contribution >= 0.6 is 11.3 Å². The summed E-state index contributed by atoms with van der Waals surface area (Å²) >= 11 is 1.65. The van der Waals surface area contributed by atoms with E-state index in [1.54, 1.807) is 11.3 Å². The number of benzene rings is 1. The minimum Gasteiger partial charge on any atom is -0.484 e. The first kappa shape index (κ1) is 12.9. The molecule has 0 fully saturated rings. The average Bonchev–Trinajstić information content (AvgIpc) is 2.75. The number of hydrogen-bond acceptors (Lipinski definition) is 3. The Hall–Kier alpha value is -2.07. The molecule has 2 aromatic rings. The summed E-state index contributed by atoms with van der Waals surface area (Å²) in [5.74, 6) is 0.406. The molecule has 20 heavy (non-hydrogen) atoms. The number of nitrogens with two attached hydrogens (primary N) is 1. The lowest BCUT2D eigenvalue weighted by Crippen LogP contribution is -2.16. The molecule has 0 saturated heterocycles. The smallest absolute Gasteiger partial charge is 0.244 e. The summed E-state index contributed by atoms with van der Waals surface area (Å²) in [7, 11) is 0. The van der Waals surface area contributed by atoms with Crippen molar-refractivity contribution in [3.8, 4) is 5.75 Å². The maximum absolute atomic E-state index is 11.6. The van der Waals surface area contributed by atoms with E-state index in [2.05, 4.69) is 18.4 Å². The van der Waals surface area contributed by atoms with Gasteiger partial charge in [0.1, 0.15) is 11.9 Å². The molecule has 1 aliphatic rings. The molecule has 2 heterocycles. The maximum atomic E-state index is 11.6. The topological polar surface area (TPSA) is 52.3 Å². The number of primary amides is 1. The molecule has 0 aliphatic carbocycles. The van der Waals surface area contributed by atoms with Crippen molar-refractivity contribution in [1.29, 1.82) is 0 Å². The lowest BCUT2D eigenvalue weighted by molar-refractivity contribution is -0.114. The van der Waals surface area contributed by atoms with Crippen molar-refractivity contribution in [3.63, 3.8) is 0 Å². The zero-order valence-electron chi connectivity index (χ0n) is 11.1. The average molecular weight is 285 g/mol. The molecule has 0 radical (unpaired) electrons. The van der Waals surface area contributed by atoms with Gasteiger partial charge in [-0.25, -0.2) is 0 Å². The van der Waals surface area contributed by atoms with E-state index in [1.807, 2.05) is 30.3 Å². The number of para-hydroxylation sites is 1. The van der Waals surface area contributed by atoms with E-state index in [0.29, 0.717) is 12.0 Å². The molecule has 3 nitrogen and oxygen atoms in total. The molecule has 1 unspecified atom stereocenters. The Morgan fingerprint density at radius 2 is 2.20 bits per heavy atom. The maximum Gasteiger partial charge on any atom is 0.244 e. The third-order valence-corrected chi connectivity index (χ3v) is 4.45. The fraction of sp³-hybridized carbons (Fsp3) is 0.188. The summed E-state index contributed by atoms with van der Waals surface area (Å²) in [6.45, 7) is 2.05. The largest absolute Gasteiger partial charge is 0.484 e. The summed E-state index contributed by atoms with van der Waals surface area (Å²) in [6, 6.07) is 9.80. The summed E-state index contributed by atoms with van der Waals surface area (Å²) in [5.41, 5.74) is 8.19. The molecule has 4 heteroatoms. The first-order valence-electron chi connectivity index (χ1n) is 6.44. The van der Waals surface area contributed by atoms with Gasteiger partial charge in [-0.15, -0.1) is 11.3 Å². The highest BCUT2D eigenvalue weighted by molar-refractivity contribution is 7.10. The van der Waals surface area contributed by atoms with Crippen LogP contribution in [0.1, 0.15) is 28.5 Å². The normalized spacial score (nSPS) is 17.6. The Morgan fingerprint density at radius 3 is 2.90 bits per heavy atom. The standard InChI is InChI=1S/C16H15NO2S/c1-10-6-15(20-9-10)14-8-12(16(17)18)7-11-4-2-3-5-13(11)19-14/h2-7,9,14H,8H2,1H3,(H2,17,18).